The number of tetrazole rings is 1. The van der Waals surface area contributed by atoms with Crippen LogP contribution in [-0.2, 0) is 17.8 Å². The molecular formula is C12H14N4O2. The summed E-state index contributed by atoms with van der Waals surface area (Å²) in [4.78, 5) is 10.5. The van der Waals surface area contributed by atoms with Crippen molar-refractivity contribution in [2.24, 2.45) is 0 Å². The van der Waals surface area contributed by atoms with Crippen LogP contribution in [0, 0.1) is 0 Å². The van der Waals surface area contributed by atoms with Crippen LogP contribution < -0.4 is 0 Å². The molecule has 0 bridgehead atoms. The third kappa shape index (κ3) is 2.71. The van der Waals surface area contributed by atoms with E-state index < -0.39 is 5.97 Å². The lowest BCUT2D eigenvalue weighted by Crippen LogP contribution is -2.07. The second kappa shape index (κ2) is 5.39. The average Bonchev–Trinajstić information content (AvgIpc) is 2.85. The Kier molecular flexibility index (Phi) is 3.66. The number of aromatic nitrogens is 4. The molecule has 0 aliphatic rings. The summed E-state index contributed by atoms with van der Waals surface area (Å²) in [6.07, 6.45) is 0.981. The molecule has 2 rings (SSSR count). The van der Waals surface area contributed by atoms with Crippen LogP contribution in [0.1, 0.15) is 18.9 Å². The first-order valence-electron chi connectivity index (χ1n) is 5.78. The summed E-state index contributed by atoms with van der Waals surface area (Å²) in [5, 5.41) is 20.0. The van der Waals surface area contributed by atoms with E-state index >= 15 is 0 Å². The Labute approximate surface area is 104 Å². The second-order valence-corrected chi connectivity index (χ2v) is 3.92. The predicted octanol–water partition coefficient (Wildman–Crippen LogP) is 1.38. The molecule has 0 saturated heterocycles. The molecule has 0 amide bonds. The van der Waals surface area contributed by atoms with Crippen molar-refractivity contribution in [2.45, 2.75) is 26.3 Å². The van der Waals surface area contributed by atoms with E-state index in [1.54, 1.807) is 0 Å². The molecule has 0 aliphatic heterocycles. The summed E-state index contributed by atoms with van der Waals surface area (Å²) in [5.74, 6) is -0.267. The number of nitrogens with zero attached hydrogens (tertiary/aromatic N) is 4. The Morgan fingerprint density at radius 1 is 1.33 bits per heavy atom. The van der Waals surface area contributed by atoms with Crippen LogP contribution in [-0.4, -0.2) is 31.3 Å². The van der Waals surface area contributed by atoms with Gasteiger partial charge in [-0.15, -0.1) is 5.10 Å². The van der Waals surface area contributed by atoms with Crippen LogP contribution in [0.25, 0.3) is 11.4 Å². The van der Waals surface area contributed by atoms with Crippen LogP contribution >= 0.6 is 0 Å². The van der Waals surface area contributed by atoms with Crippen LogP contribution in [0.5, 0.6) is 0 Å². The van der Waals surface area contributed by atoms with Gasteiger partial charge >= 0.3 is 5.97 Å². The Morgan fingerprint density at radius 3 is 2.67 bits per heavy atom. The van der Waals surface area contributed by atoms with Gasteiger partial charge in [0.15, 0.2) is 5.82 Å². The van der Waals surface area contributed by atoms with Crippen molar-refractivity contribution in [1.29, 1.82) is 0 Å². The number of benzene rings is 1. The van der Waals surface area contributed by atoms with Gasteiger partial charge in [0, 0.05) is 5.56 Å². The fourth-order valence-corrected chi connectivity index (χ4v) is 1.65. The molecule has 0 unspecified atom stereocenters. The van der Waals surface area contributed by atoms with Gasteiger partial charge in [-0.2, -0.15) is 0 Å². The number of carbonyl (C=O) groups is 1. The van der Waals surface area contributed by atoms with E-state index in [0.29, 0.717) is 5.82 Å². The Balaban J connectivity index is 2.21. The van der Waals surface area contributed by atoms with Gasteiger partial charge in [0.05, 0.1) is 13.0 Å². The molecule has 0 spiro atoms. The van der Waals surface area contributed by atoms with Crippen molar-refractivity contribution in [2.75, 3.05) is 0 Å². The van der Waals surface area contributed by atoms with Crippen LogP contribution in [0.15, 0.2) is 24.3 Å². The third-order valence-electron chi connectivity index (χ3n) is 2.69. The highest BCUT2D eigenvalue weighted by atomic mass is 16.4. The number of hydrogen-bond acceptors (Lipinski definition) is 4. The topological polar surface area (TPSA) is 80.9 Å². The van der Waals surface area contributed by atoms with Crippen LogP contribution in [0.2, 0.25) is 0 Å². The highest BCUT2D eigenvalue weighted by Gasteiger charge is 2.09. The maximum atomic E-state index is 10.5. The third-order valence-corrected chi connectivity index (χ3v) is 2.69. The first-order chi connectivity index (χ1) is 8.70. The fourth-order valence-electron chi connectivity index (χ4n) is 1.65. The number of carboxylic acids is 1. The first-order valence-corrected chi connectivity index (χ1v) is 5.78. The summed E-state index contributed by atoms with van der Waals surface area (Å²) < 4.78 is 1.51. The summed E-state index contributed by atoms with van der Waals surface area (Å²) in [6, 6.07) is 7.93. The molecule has 6 nitrogen and oxygen atoms in total. The number of aryl methyl sites for hydroxylation is 2. The molecule has 1 aromatic heterocycles. The van der Waals surface area contributed by atoms with Crippen molar-refractivity contribution < 1.29 is 9.90 Å². The number of rotatable bonds is 5. The minimum absolute atomic E-state index is 0.00504. The molecule has 1 aromatic carbocycles. The molecular weight excluding hydrogens is 232 g/mol. The second-order valence-electron chi connectivity index (χ2n) is 3.92. The smallest absolute Gasteiger partial charge is 0.305 e. The van der Waals surface area contributed by atoms with Crippen molar-refractivity contribution in [3.8, 4) is 11.4 Å². The maximum Gasteiger partial charge on any atom is 0.305 e. The Bertz CT molecular complexity index is 533. The van der Waals surface area contributed by atoms with E-state index in [-0.39, 0.29) is 13.0 Å². The van der Waals surface area contributed by atoms with Crippen molar-refractivity contribution >= 4 is 5.97 Å². The standard InChI is InChI=1S/C12H14N4O2/c1-2-9-3-5-10(6-4-9)12-13-14-15-16(12)8-7-11(17)18/h3-6H,2,7-8H2,1H3,(H,17,18). The monoisotopic (exact) mass is 246 g/mol. The summed E-state index contributed by atoms with van der Waals surface area (Å²) >= 11 is 0. The SMILES string of the molecule is CCc1ccc(-c2nnnn2CCC(=O)O)cc1. The van der Waals surface area contributed by atoms with E-state index in [1.165, 1.54) is 10.2 Å². The zero-order valence-corrected chi connectivity index (χ0v) is 10.1. The molecule has 1 N–H and O–H groups in total. The van der Waals surface area contributed by atoms with E-state index in [1.807, 2.05) is 24.3 Å². The Hall–Kier alpha value is -2.24. The zero-order chi connectivity index (χ0) is 13.0. The molecule has 94 valence electrons. The maximum absolute atomic E-state index is 10.5. The van der Waals surface area contributed by atoms with Crippen LogP contribution in [0.4, 0.5) is 0 Å². The molecule has 2 aromatic rings. The van der Waals surface area contributed by atoms with Gasteiger partial charge in [0.2, 0.25) is 0 Å². The normalized spacial score (nSPS) is 10.5. The largest absolute Gasteiger partial charge is 0.481 e. The van der Waals surface area contributed by atoms with Crippen molar-refractivity contribution in [3.05, 3.63) is 29.8 Å². The van der Waals surface area contributed by atoms with Crippen molar-refractivity contribution in [3.63, 3.8) is 0 Å². The fraction of sp³-hybridized carbons (Fsp3) is 0.333. The highest BCUT2D eigenvalue weighted by Crippen LogP contribution is 2.16. The molecule has 0 fully saturated rings. The van der Waals surface area contributed by atoms with Gasteiger partial charge < -0.3 is 5.11 Å². The lowest BCUT2D eigenvalue weighted by Gasteiger charge is -2.03. The lowest BCUT2D eigenvalue weighted by molar-refractivity contribution is -0.137. The van der Waals surface area contributed by atoms with Gasteiger partial charge in [-0.3, -0.25) is 4.79 Å². The molecule has 1 heterocycles. The van der Waals surface area contributed by atoms with Gasteiger partial charge in [0.1, 0.15) is 0 Å². The highest BCUT2D eigenvalue weighted by molar-refractivity contribution is 5.66. The molecule has 0 atom stereocenters. The van der Waals surface area contributed by atoms with Gasteiger partial charge in [-0.05, 0) is 22.4 Å². The quantitative estimate of drug-likeness (QED) is 0.861. The van der Waals surface area contributed by atoms with E-state index in [9.17, 15) is 4.79 Å². The van der Waals surface area contributed by atoms with Gasteiger partial charge in [-0.1, -0.05) is 31.2 Å². The molecule has 0 aliphatic carbocycles. The summed E-state index contributed by atoms with van der Waals surface area (Å²) in [6.45, 7) is 2.36. The number of carboxylic acid groups (broad SMARTS) is 1. The van der Waals surface area contributed by atoms with Crippen LogP contribution in [0.3, 0.4) is 0 Å². The van der Waals surface area contributed by atoms with Crippen molar-refractivity contribution in [1.82, 2.24) is 20.2 Å². The number of aliphatic carboxylic acids is 1. The molecule has 6 heteroatoms. The molecule has 18 heavy (non-hydrogen) atoms. The van der Waals surface area contributed by atoms with E-state index in [4.69, 9.17) is 5.11 Å². The lowest BCUT2D eigenvalue weighted by atomic mass is 10.1. The van der Waals surface area contributed by atoms with E-state index in [0.717, 1.165) is 12.0 Å². The summed E-state index contributed by atoms with van der Waals surface area (Å²) in [5.41, 5.74) is 2.13. The average molecular weight is 246 g/mol. The summed E-state index contributed by atoms with van der Waals surface area (Å²) in [7, 11) is 0. The van der Waals surface area contributed by atoms with Gasteiger partial charge in [-0.25, -0.2) is 4.68 Å². The van der Waals surface area contributed by atoms with Gasteiger partial charge in [0.25, 0.3) is 0 Å². The minimum Gasteiger partial charge on any atom is -0.481 e. The first kappa shape index (κ1) is 12.2. The minimum atomic E-state index is -0.863. The predicted molar refractivity (Wildman–Crippen MR) is 64.9 cm³/mol. The molecule has 0 radical (unpaired) electrons. The number of hydrogen-bond donors (Lipinski definition) is 1. The zero-order valence-electron chi connectivity index (χ0n) is 10.1. The molecule has 0 saturated carbocycles. The van der Waals surface area contributed by atoms with E-state index in [2.05, 4.69) is 22.4 Å². The Morgan fingerprint density at radius 2 is 2.06 bits per heavy atom.